The van der Waals surface area contributed by atoms with Gasteiger partial charge < -0.3 is 10.6 Å². The van der Waals surface area contributed by atoms with Gasteiger partial charge in [0, 0.05) is 18.8 Å². The summed E-state index contributed by atoms with van der Waals surface area (Å²) in [6.45, 7) is 9.90. The van der Waals surface area contributed by atoms with E-state index in [4.69, 9.17) is 0 Å². The van der Waals surface area contributed by atoms with Gasteiger partial charge >= 0.3 is 0 Å². The SMILES string of the molecule is C=CCNC(=O)c1cc(C)nc(NCC=C)n1. The summed E-state index contributed by atoms with van der Waals surface area (Å²) in [6.07, 6.45) is 3.31. The summed E-state index contributed by atoms with van der Waals surface area (Å²) in [7, 11) is 0. The fraction of sp³-hybridized carbons (Fsp3) is 0.250. The van der Waals surface area contributed by atoms with Crippen molar-refractivity contribution in [2.75, 3.05) is 18.4 Å². The van der Waals surface area contributed by atoms with Gasteiger partial charge in [-0.15, -0.1) is 13.2 Å². The Balaban J connectivity index is 2.84. The van der Waals surface area contributed by atoms with E-state index in [1.54, 1.807) is 18.2 Å². The molecule has 0 radical (unpaired) electrons. The lowest BCUT2D eigenvalue weighted by molar-refractivity contribution is 0.0953. The van der Waals surface area contributed by atoms with Crippen molar-refractivity contribution in [3.8, 4) is 0 Å². The van der Waals surface area contributed by atoms with Crippen molar-refractivity contribution in [3.63, 3.8) is 0 Å². The summed E-state index contributed by atoms with van der Waals surface area (Å²) >= 11 is 0. The van der Waals surface area contributed by atoms with E-state index in [-0.39, 0.29) is 5.91 Å². The quantitative estimate of drug-likeness (QED) is 0.725. The van der Waals surface area contributed by atoms with E-state index in [9.17, 15) is 4.79 Å². The maximum atomic E-state index is 11.7. The summed E-state index contributed by atoms with van der Waals surface area (Å²) < 4.78 is 0. The zero-order valence-corrected chi connectivity index (χ0v) is 9.86. The van der Waals surface area contributed by atoms with Crippen LogP contribution in [0, 0.1) is 6.92 Å². The minimum absolute atomic E-state index is 0.239. The second kappa shape index (κ2) is 6.42. The fourth-order valence-electron chi connectivity index (χ4n) is 1.18. The van der Waals surface area contributed by atoms with Crippen molar-refractivity contribution in [1.29, 1.82) is 0 Å². The van der Waals surface area contributed by atoms with E-state index in [1.165, 1.54) is 0 Å². The number of nitrogens with one attached hydrogen (secondary N) is 2. The monoisotopic (exact) mass is 232 g/mol. The van der Waals surface area contributed by atoms with Crippen LogP contribution in [-0.2, 0) is 0 Å². The molecule has 1 amide bonds. The van der Waals surface area contributed by atoms with E-state index < -0.39 is 0 Å². The molecular weight excluding hydrogens is 216 g/mol. The second-order valence-corrected chi connectivity index (χ2v) is 3.39. The summed E-state index contributed by atoms with van der Waals surface area (Å²) in [5, 5.41) is 5.61. The van der Waals surface area contributed by atoms with Gasteiger partial charge in [-0.2, -0.15) is 0 Å². The van der Waals surface area contributed by atoms with Gasteiger partial charge in [-0.3, -0.25) is 4.79 Å². The molecular formula is C12H16N4O. The first-order valence-electron chi connectivity index (χ1n) is 5.27. The third-order valence-corrected chi connectivity index (χ3v) is 1.90. The number of aryl methyl sites for hydroxylation is 1. The predicted molar refractivity (Wildman–Crippen MR) is 68.0 cm³/mol. The first kappa shape index (κ1) is 12.9. The topological polar surface area (TPSA) is 66.9 Å². The number of rotatable bonds is 6. The Morgan fingerprint density at radius 3 is 2.71 bits per heavy atom. The third-order valence-electron chi connectivity index (χ3n) is 1.90. The van der Waals surface area contributed by atoms with Crippen molar-refractivity contribution in [2.24, 2.45) is 0 Å². The van der Waals surface area contributed by atoms with Crippen LogP contribution in [0.25, 0.3) is 0 Å². The molecule has 0 saturated heterocycles. The van der Waals surface area contributed by atoms with Crippen LogP contribution in [0.2, 0.25) is 0 Å². The highest BCUT2D eigenvalue weighted by Crippen LogP contribution is 2.04. The van der Waals surface area contributed by atoms with Crippen LogP contribution in [0.3, 0.4) is 0 Å². The third kappa shape index (κ3) is 4.06. The molecule has 0 fully saturated rings. The molecule has 2 N–H and O–H groups in total. The van der Waals surface area contributed by atoms with Crippen molar-refractivity contribution < 1.29 is 4.79 Å². The number of aromatic nitrogens is 2. The minimum atomic E-state index is -0.239. The average Bonchev–Trinajstić information content (AvgIpc) is 2.32. The van der Waals surface area contributed by atoms with Gasteiger partial charge in [-0.25, -0.2) is 9.97 Å². The molecule has 1 aromatic heterocycles. The zero-order chi connectivity index (χ0) is 12.7. The van der Waals surface area contributed by atoms with Gasteiger partial charge in [0.2, 0.25) is 5.95 Å². The van der Waals surface area contributed by atoms with E-state index in [2.05, 4.69) is 33.8 Å². The molecule has 1 aromatic rings. The highest BCUT2D eigenvalue weighted by Gasteiger charge is 2.08. The van der Waals surface area contributed by atoms with Crippen molar-refractivity contribution in [1.82, 2.24) is 15.3 Å². The van der Waals surface area contributed by atoms with Crippen LogP contribution in [0.1, 0.15) is 16.2 Å². The Kier molecular flexibility index (Phi) is 4.87. The number of hydrogen-bond donors (Lipinski definition) is 2. The van der Waals surface area contributed by atoms with E-state index in [0.717, 1.165) is 5.69 Å². The smallest absolute Gasteiger partial charge is 0.270 e. The minimum Gasteiger partial charge on any atom is -0.351 e. The van der Waals surface area contributed by atoms with Crippen LogP contribution >= 0.6 is 0 Å². The first-order valence-corrected chi connectivity index (χ1v) is 5.27. The lowest BCUT2D eigenvalue weighted by atomic mass is 10.3. The lowest BCUT2D eigenvalue weighted by Gasteiger charge is -2.06. The Morgan fingerprint density at radius 1 is 1.35 bits per heavy atom. The number of carbonyl (C=O) groups excluding carboxylic acids is 1. The Hall–Kier alpha value is -2.17. The van der Waals surface area contributed by atoms with Crippen molar-refractivity contribution in [3.05, 3.63) is 42.8 Å². The molecule has 5 nitrogen and oxygen atoms in total. The Labute approximate surface area is 101 Å². The number of amides is 1. The van der Waals surface area contributed by atoms with Gasteiger partial charge in [-0.05, 0) is 13.0 Å². The molecule has 0 aliphatic rings. The van der Waals surface area contributed by atoms with Gasteiger partial charge in [0.25, 0.3) is 5.91 Å². The van der Waals surface area contributed by atoms with Crippen LogP contribution in [0.5, 0.6) is 0 Å². The molecule has 5 heteroatoms. The molecule has 1 rings (SSSR count). The van der Waals surface area contributed by atoms with Gasteiger partial charge in [0.05, 0.1) is 0 Å². The molecule has 0 aliphatic heterocycles. The highest BCUT2D eigenvalue weighted by molar-refractivity contribution is 5.92. The van der Waals surface area contributed by atoms with Crippen LogP contribution in [0.15, 0.2) is 31.4 Å². The molecule has 1 heterocycles. The number of carbonyl (C=O) groups is 1. The van der Waals surface area contributed by atoms with Crippen LogP contribution in [0.4, 0.5) is 5.95 Å². The van der Waals surface area contributed by atoms with Crippen LogP contribution < -0.4 is 10.6 Å². The summed E-state index contributed by atoms with van der Waals surface area (Å²) in [5.41, 5.74) is 1.07. The Bertz CT molecular complexity index is 429. The number of hydrogen-bond acceptors (Lipinski definition) is 4. The summed E-state index contributed by atoms with van der Waals surface area (Å²) in [6, 6.07) is 1.64. The first-order chi connectivity index (χ1) is 8.17. The van der Waals surface area contributed by atoms with Gasteiger partial charge in [-0.1, -0.05) is 12.2 Å². The summed E-state index contributed by atoms with van der Waals surface area (Å²) in [4.78, 5) is 20.0. The zero-order valence-electron chi connectivity index (χ0n) is 9.86. The normalized spacial score (nSPS) is 9.47. The maximum absolute atomic E-state index is 11.7. The standard InChI is InChI=1S/C12H16N4O/c1-4-6-13-11(17)10-8-9(3)15-12(16-10)14-7-5-2/h4-5,8H,1-2,6-7H2,3H3,(H,13,17)(H,14,15,16). The summed E-state index contributed by atoms with van der Waals surface area (Å²) in [5.74, 6) is 0.186. The van der Waals surface area contributed by atoms with Crippen molar-refractivity contribution in [2.45, 2.75) is 6.92 Å². The van der Waals surface area contributed by atoms with Crippen LogP contribution in [-0.4, -0.2) is 29.0 Å². The highest BCUT2D eigenvalue weighted by atomic mass is 16.1. The number of nitrogens with zero attached hydrogens (tertiary/aromatic N) is 2. The molecule has 0 unspecified atom stereocenters. The maximum Gasteiger partial charge on any atom is 0.270 e. The largest absolute Gasteiger partial charge is 0.351 e. The second-order valence-electron chi connectivity index (χ2n) is 3.39. The number of anilines is 1. The molecule has 17 heavy (non-hydrogen) atoms. The van der Waals surface area contributed by atoms with Crippen molar-refractivity contribution >= 4 is 11.9 Å². The van der Waals surface area contributed by atoms with E-state index in [0.29, 0.717) is 24.7 Å². The average molecular weight is 232 g/mol. The molecule has 90 valence electrons. The lowest BCUT2D eigenvalue weighted by Crippen LogP contribution is -2.25. The molecule has 0 saturated carbocycles. The molecule has 0 aliphatic carbocycles. The predicted octanol–water partition coefficient (Wildman–Crippen LogP) is 1.30. The Morgan fingerprint density at radius 2 is 2.06 bits per heavy atom. The van der Waals surface area contributed by atoms with E-state index >= 15 is 0 Å². The molecule has 0 aromatic carbocycles. The van der Waals surface area contributed by atoms with Gasteiger partial charge in [0.1, 0.15) is 5.69 Å². The molecule has 0 spiro atoms. The molecule has 0 bridgehead atoms. The van der Waals surface area contributed by atoms with Gasteiger partial charge in [0.15, 0.2) is 0 Å². The molecule has 0 atom stereocenters. The fourth-order valence-corrected chi connectivity index (χ4v) is 1.18. The van der Waals surface area contributed by atoms with E-state index in [1.807, 2.05) is 6.92 Å².